The maximum absolute atomic E-state index is 12.3. The summed E-state index contributed by atoms with van der Waals surface area (Å²) in [5.41, 5.74) is 9.27. The van der Waals surface area contributed by atoms with E-state index in [4.69, 9.17) is 5.73 Å². The van der Waals surface area contributed by atoms with Crippen LogP contribution in [0.1, 0.15) is 47.7 Å². The number of carbonyl (C=O) groups is 1. The van der Waals surface area contributed by atoms with Crippen molar-refractivity contribution in [3.8, 4) is 0 Å². The second kappa shape index (κ2) is 6.94. The number of nitrogens with two attached hydrogens (primary N) is 1. The quantitative estimate of drug-likeness (QED) is 0.837. The van der Waals surface area contributed by atoms with Crippen molar-refractivity contribution in [2.75, 3.05) is 25.4 Å². The second-order valence-corrected chi connectivity index (χ2v) is 6.18. The van der Waals surface area contributed by atoms with E-state index in [1.165, 1.54) is 19.3 Å². The van der Waals surface area contributed by atoms with Gasteiger partial charge in [0.15, 0.2) is 0 Å². The van der Waals surface area contributed by atoms with Gasteiger partial charge in [-0.15, -0.1) is 0 Å². The number of aryl methyl sites for hydroxylation is 2. The van der Waals surface area contributed by atoms with Gasteiger partial charge in [-0.3, -0.25) is 9.69 Å². The molecule has 1 aromatic rings. The molecule has 1 aliphatic rings. The molecular weight excluding hydrogens is 262 g/mol. The Balaban J connectivity index is 1.93. The van der Waals surface area contributed by atoms with E-state index in [0.717, 1.165) is 24.2 Å². The van der Waals surface area contributed by atoms with Crippen LogP contribution in [0, 0.1) is 13.8 Å². The molecule has 21 heavy (non-hydrogen) atoms. The highest BCUT2D eigenvalue weighted by Gasteiger charge is 2.18. The molecule has 0 spiro atoms. The van der Waals surface area contributed by atoms with Crippen molar-refractivity contribution in [3.63, 3.8) is 0 Å². The number of nitrogen functional groups attached to an aromatic ring is 1. The lowest BCUT2D eigenvalue weighted by atomic mass is 10.0. The zero-order valence-corrected chi connectivity index (χ0v) is 13.4. The Morgan fingerprint density at radius 1 is 1.24 bits per heavy atom. The van der Waals surface area contributed by atoms with Gasteiger partial charge in [-0.2, -0.15) is 0 Å². The molecule has 116 valence electrons. The van der Waals surface area contributed by atoms with Crippen molar-refractivity contribution >= 4 is 11.6 Å². The average Bonchev–Trinajstić information content (AvgIpc) is 2.49. The molecule has 1 aliphatic heterocycles. The predicted octanol–water partition coefficient (Wildman–Crippen LogP) is 2.49. The van der Waals surface area contributed by atoms with Gasteiger partial charge in [-0.25, -0.2) is 0 Å². The molecule has 1 atom stereocenters. The summed E-state index contributed by atoms with van der Waals surface area (Å²) in [6.45, 7) is 9.08. The van der Waals surface area contributed by atoms with E-state index < -0.39 is 0 Å². The van der Waals surface area contributed by atoms with Crippen LogP contribution in [0.4, 0.5) is 5.69 Å². The lowest BCUT2D eigenvalue weighted by molar-refractivity contribution is 0.0929. The maximum atomic E-state index is 12.3. The summed E-state index contributed by atoms with van der Waals surface area (Å²) >= 11 is 0. The third kappa shape index (κ3) is 3.97. The van der Waals surface area contributed by atoms with E-state index in [-0.39, 0.29) is 5.91 Å². The highest BCUT2D eigenvalue weighted by atomic mass is 16.1. The molecule has 4 nitrogen and oxygen atoms in total. The molecule has 1 heterocycles. The maximum Gasteiger partial charge on any atom is 0.251 e. The van der Waals surface area contributed by atoms with E-state index in [1.807, 2.05) is 19.9 Å². The topological polar surface area (TPSA) is 58.4 Å². The van der Waals surface area contributed by atoms with Crippen LogP contribution in [-0.2, 0) is 0 Å². The lowest BCUT2D eigenvalue weighted by Crippen LogP contribution is -2.44. The van der Waals surface area contributed by atoms with Gasteiger partial charge in [0, 0.05) is 23.8 Å². The second-order valence-electron chi connectivity index (χ2n) is 6.18. The Bertz CT molecular complexity index is 507. The van der Waals surface area contributed by atoms with Crippen molar-refractivity contribution in [3.05, 3.63) is 28.8 Å². The number of hydrogen-bond donors (Lipinski definition) is 2. The van der Waals surface area contributed by atoms with E-state index >= 15 is 0 Å². The first kappa shape index (κ1) is 15.8. The number of rotatable bonds is 4. The van der Waals surface area contributed by atoms with Gasteiger partial charge >= 0.3 is 0 Å². The van der Waals surface area contributed by atoms with Crippen molar-refractivity contribution in [2.24, 2.45) is 0 Å². The summed E-state index contributed by atoms with van der Waals surface area (Å²) in [5.74, 6) is -0.0249. The lowest BCUT2D eigenvalue weighted by Gasteiger charge is -2.32. The van der Waals surface area contributed by atoms with Crippen molar-refractivity contribution < 1.29 is 4.79 Å². The molecule has 1 fully saturated rings. The minimum absolute atomic E-state index is 0.0249. The van der Waals surface area contributed by atoms with E-state index in [9.17, 15) is 4.79 Å². The predicted molar refractivity (Wildman–Crippen MR) is 87.5 cm³/mol. The number of piperidine rings is 1. The molecule has 2 rings (SSSR count). The van der Waals surface area contributed by atoms with Crippen LogP contribution in [0.15, 0.2) is 12.1 Å². The molecule has 1 aromatic carbocycles. The largest absolute Gasteiger partial charge is 0.398 e. The fourth-order valence-corrected chi connectivity index (χ4v) is 2.94. The van der Waals surface area contributed by atoms with Gasteiger partial charge in [-0.05, 0) is 63.9 Å². The highest BCUT2D eigenvalue weighted by molar-refractivity contribution is 5.96. The summed E-state index contributed by atoms with van der Waals surface area (Å²) < 4.78 is 0. The number of anilines is 1. The van der Waals surface area contributed by atoms with E-state index in [0.29, 0.717) is 23.8 Å². The Hall–Kier alpha value is -1.55. The first-order chi connectivity index (χ1) is 9.99. The minimum atomic E-state index is -0.0249. The highest BCUT2D eigenvalue weighted by Crippen LogP contribution is 2.18. The number of benzene rings is 1. The number of carbonyl (C=O) groups excluding carboxylic acids is 1. The molecule has 1 unspecified atom stereocenters. The van der Waals surface area contributed by atoms with Crippen LogP contribution < -0.4 is 11.1 Å². The Morgan fingerprint density at radius 3 is 2.57 bits per heavy atom. The van der Waals surface area contributed by atoms with Crippen LogP contribution in [0.25, 0.3) is 0 Å². The number of nitrogens with zero attached hydrogens (tertiary/aromatic N) is 1. The molecule has 4 heteroatoms. The smallest absolute Gasteiger partial charge is 0.251 e. The molecule has 0 radical (unpaired) electrons. The summed E-state index contributed by atoms with van der Waals surface area (Å²) in [6, 6.07) is 4.14. The van der Waals surface area contributed by atoms with Crippen molar-refractivity contribution in [2.45, 2.75) is 46.1 Å². The van der Waals surface area contributed by atoms with Crippen molar-refractivity contribution in [1.29, 1.82) is 0 Å². The minimum Gasteiger partial charge on any atom is -0.398 e. The normalized spacial score (nSPS) is 17.5. The molecule has 1 saturated heterocycles. The Morgan fingerprint density at radius 2 is 1.90 bits per heavy atom. The third-order valence-electron chi connectivity index (χ3n) is 4.43. The first-order valence-electron chi connectivity index (χ1n) is 7.88. The average molecular weight is 289 g/mol. The number of nitrogens with one attached hydrogen (secondary N) is 1. The number of amides is 1. The standard InChI is InChI=1S/C17H27N3O/c1-12-9-13(2)16(18)10-15(12)17(21)19-11-14(3)20-7-5-4-6-8-20/h9-10,14H,4-8,11,18H2,1-3H3,(H,19,21). The van der Waals surface area contributed by atoms with Gasteiger partial charge in [0.05, 0.1) is 0 Å². The molecular formula is C17H27N3O. The van der Waals surface area contributed by atoms with Crippen LogP contribution in [-0.4, -0.2) is 36.5 Å². The monoisotopic (exact) mass is 289 g/mol. The number of hydrogen-bond acceptors (Lipinski definition) is 3. The SMILES string of the molecule is Cc1cc(C)c(C(=O)NCC(C)N2CCCCC2)cc1N. The van der Waals surface area contributed by atoms with Crippen LogP contribution in [0.3, 0.4) is 0 Å². The van der Waals surface area contributed by atoms with E-state index in [2.05, 4.69) is 17.1 Å². The zero-order chi connectivity index (χ0) is 15.4. The van der Waals surface area contributed by atoms with Gasteiger partial charge in [0.25, 0.3) is 5.91 Å². The summed E-state index contributed by atoms with van der Waals surface area (Å²) in [7, 11) is 0. The fourth-order valence-electron chi connectivity index (χ4n) is 2.94. The third-order valence-corrected chi connectivity index (χ3v) is 4.43. The van der Waals surface area contributed by atoms with Crippen molar-refractivity contribution in [1.82, 2.24) is 10.2 Å². The van der Waals surface area contributed by atoms with Gasteiger partial charge in [-0.1, -0.05) is 12.5 Å². The van der Waals surface area contributed by atoms with Gasteiger partial charge in [0.1, 0.15) is 0 Å². The Kier molecular flexibility index (Phi) is 5.23. The molecule has 1 amide bonds. The van der Waals surface area contributed by atoms with Crippen LogP contribution >= 0.6 is 0 Å². The van der Waals surface area contributed by atoms with Crippen LogP contribution in [0.2, 0.25) is 0 Å². The molecule has 0 aromatic heterocycles. The zero-order valence-electron chi connectivity index (χ0n) is 13.4. The number of likely N-dealkylation sites (tertiary alicyclic amines) is 1. The molecule has 0 aliphatic carbocycles. The summed E-state index contributed by atoms with van der Waals surface area (Å²) in [5, 5.41) is 3.05. The fraction of sp³-hybridized carbons (Fsp3) is 0.588. The Labute approximate surface area is 127 Å². The molecule has 0 bridgehead atoms. The van der Waals surface area contributed by atoms with Crippen LogP contribution in [0.5, 0.6) is 0 Å². The summed E-state index contributed by atoms with van der Waals surface area (Å²) in [6.07, 6.45) is 3.87. The van der Waals surface area contributed by atoms with Gasteiger partial charge in [0.2, 0.25) is 0 Å². The van der Waals surface area contributed by atoms with Gasteiger partial charge < -0.3 is 11.1 Å². The molecule has 3 N–H and O–H groups in total. The van der Waals surface area contributed by atoms with E-state index in [1.54, 1.807) is 6.07 Å². The summed E-state index contributed by atoms with van der Waals surface area (Å²) in [4.78, 5) is 14.8. The molecule has 0 saturated carbocycles. The first-order valence-corrected chi connectivity index (χ1v) is 7.88.